The summed E-state index contributed by atoms with van der Waals surface area (Å²) in [6.07, 6.45) is 100. The Balaban J connectivity index is 3.48. The van der Waals surface area contributed by atoms with E-state index in [0.717, 1.165) is 116 Å². The van der Waals surface area contributed by atoms with E-state index in [9.17, 15) is 14.7 Å². The second-order valence-corrected chi connectivity index (χ2v) is 21.4. The maximum absolute atomic E-state index is 12.3. The number of aliphatic hydroxyl groups excluding tert-OH is 1. The van der Waals surface area contributed by atoms with Gasteiger partial charge in [0.15, 0.2) is 6.10 Å². The monoisotopic (exact) mass is 1080 g/mol. The van der Waals surface area contributed by atoms with Gasteiger partial charge >= 0.3 is 11.9 Å². The van der Waals surface area contributed by atoms with Crippen LogP contribution in [0.4, 0.5) is 0 Å². The Hall–Kier alpha value is -3.96. The lowest BCUT2D eigenvalue weighted by Crippen LogP contribution is -2.28. The number of aliphatic hydroxyl groups is 1. The van der Waals surface area contributed by atoms with Crippen LogP contribution >= 0.6 is 0 Å². The molecule has 0 heterocycles. The van der Waals surface area contributed by atoms with Gasteiger partial charge in [-0.3, -0.25) is 9.59 Å². The molecule has 0 aromatic carbocycles. The number of allylic oxidation sites excluding steroid dienone is 22. The van der Waals surface area contributed by atoms with Gasteiger partial charge in [-0.1, -0.05) is 308 Å². The van der Waals surface area contributed by atoms with E-state index in [-0.39, 0.29) is 25.2 Å². The summed E-state index contributed by atoms with van der Waals surface area (Å²) in [6.45, 7) is 3.90. The van der Waals surface area contributed by atoms with Gasteiger partial charge in [-0.15, -0.1) is 0 Å². The third-order valence-electron chi connectivity index (χ3n) is 13.9. The molecular formula is C73H122O5. The molecule has 444 valence electrons. The topological polar surface area (TPSA) is 72.8 Å². The molecule has 1 N–H and O–H groups in total. The summed E-state index contributed by atoms with van der Waals surface area (Å²) in [4.78, 5) is 24.6. The van der Waals surface area contributed by atoms with Gasteiger partial charge in [0.1, 0.15) is 6.61 Å². The Morgan fingerprint density at radius 1 is 0.295 bits per heavy atom. The van der Waals surface area contributed by atoms with Gasteiger partial charge in [0.05, 0.1) is 6.61 Å². The zero-order valence-corrected chi connectivity index (χ0v) is 50.9. The molecule has 0 aliphatic rings. The lowest BCUT2D eigenvalue weighted by molar-refractivity contribution is -0.161. The molecule has 0 aliphatic heterocycles. The van der Waals surface area contributed by atoms with E-state index in [1.54, 1.807) is 0 Å². The quantitative estimate of drug-likeness (QED) is 0.0373. The van der Waals surface area contributed by atoms with E-state index >= 15 is 0 Å². The highest BCUT2D eigenvalue weighted by Crippen LogP contribution is 2.17. The molecule has 1 atom stereocenters. The SMILES string of the molecule is CC/C=C\C/C=C\C/C=C\C/C=C\C/C=C\C/C=C\C/C=C\CCCCCC(=O)OC(CO)COC(=O)CCCCCCCCCCCCCCCCCCCCCCCCCCCC/C=C\C/C=C\C/C=C\C/C=C\CC. The molecule has 0 aromatic rings. The lowest BCUT2D eigenvalue weighted by Gasteiger charge is -2.15. The number of ether oxygens (including phenoxy) is 2. The van der Waals surface area contributed by atoms with Crippen molar-refractivity contribution in [2.45, 2.75) is 302 Å². The third kappa shape index (κ3) is 64.6. The largest absolute Gasteiger partial charge is 0.462 e. The second kappa shape index (κ2) is 67.3. The van der Waals surface area contributed by atoms with E-state index in [0.29, 0.717) is 12.8 Å². The summed E-state index contributed by atoms with van der Waals surface area (Å²) in [5.41, 5.74) is 0. The van der Waals surface area contributed by atoms with Crippen molar-refractivity contribution in [2.75, 3.05) is 13.2 Å². The summed E-state index contributed by atoms with van der Waals surface area (Å²) in [6, 6.07) is 0. The van der Waals surface area contributed by atoms with Crippen molar-refractivity contribution < 1.29 is 24.2 Å². The standard InChI is InChI=1S/C73H122O5/c1-3-5-7-9-11-13-15-17-19-21-23-25-27-29-30-31-32-33-34-35-36-37-38-39-40-41-42-44-45-47-49-51-53-55-57-59-61-63-65-67-72(75)77-70-71(69-74)78-73(76)68-66-64-62-60-58-56-54-52-50-48-46-43-28-26-24-22-20-18-16-14-12-10-8-6-4-2/h5-8,11-14,17-20,23-26,43,46,50,52,56,58,71,74H,3-4,9-10,15-16,21-22,27-42,44-45,47-49,51,53-55,57,59-70H2,1-2H3/b7-5-,8-6-,13-11-,14-12-,19-17-,20-18-,25-23-,26-24-,46-43-,52-50-,58-56-. The number of rotatable bonds is 59. The molecule has 0 amide bonds. The summed E-state index contributed by atoms with van der Waals surface area (Å²) in [5, 5.41) is 9.67. The lowest BCUT2D eigenvalue weighted by atomic mass is 10.0. The predicted octanol–water partition coefficient (Wildman–Crippen LogP) is 22.8. The first kappa shape index (κ1) is 74.0. The van der Waals surface area contributed by atoms with Crippen molar-refractivity contribution in [1.29, 1.82) is 0 Å². The zero-order chi connectivity index (χ0) is 56.2. The van der Waals surface area contributed by atoms with Crippen LogP contribution in [0.15, 0.2) is 134 Å². The van der Waals surface area contributed by atoms with Gasteiger partial charge in [0.2, 0.25) is 0 Å². The average Bonchev–Trinajstić information content (AvgIpc) is 3.44. The van der Waals surface area contributed by atoms with Gasteiger partial charge in [0.25, 0.3) is 0 Å². The summed E-state index contributed by atoms with van der Waals surface area (Å²) < 4.78 is 10.7. The molecule has 0 radical (unpaired) electrons. The highest BCUT2D eigenvalue weighted by atomic mass is 16.6. The zero-order valence-electron chi connectivity index (χ0n) is 50.9. The number of hydrogen-bond acceptors (Lipinski definition) is 5. The Morgan fingerprint density at radius 2 is 0.513 bits per heavy atom. The first-order valence-corrected chi connectivity index (χ1v) is 32.7. The van der Waals surface area contributed by atoms with Gasteiger partial charge < -0.3 is 14.6 Å². The fourth-order valence-electron chi connectivity index (χ4n) is 9.12. The minimum Gasteiger partial charge on any atom is -0.462 e. The van der Waals surface area contributed by atoms with Crippen LogP contribution in [0.5, 0.6) is 0 Å². The number of hydrogen-bond donors (Lipinski definition) is 1. The molecule has 0 saturated heterocycles. The summed E-state index contributed by atoms with van der Waals surface area (Å²) in [5.74, 6) is -0.626. The summed E-state index contributed by atoms with van der Waals surface area (Å²) >= 11 is 0. The molecule has 0 rings (SSSR count). The highest BCUT2D eigenvalue weighted by molar-refractivity contribution is 5.70. The van der Waals surface area contributed by atoms with E-state index in [4.69, 9.17) is 9.47 Å². The molecule has 5 heteroatoms. The van der Waals surface area contributed by atoms with Crippen molar-refractivity contribution in [1.82, 2.24) is 0 Å². The fraction of sp³-hybridized carbons (Fsp3) is 0.671. The van der Waals surface area contributed by atoms with E-state index in [2.05, 4.69) is 148 Å². The van der Waals surface area contributed by atoms with Crippen LogP contribution in [-0.4, -0.2) is 36.4 Å². The van der Waals surface area contributed by atoms with Crippen LogP contribution < -0.4 is 0 Å². The highest BCUT2D eigenvalue weighted by Gasteiger charge is 2.16. The van der Waals surface area contributed by atoms with Crippen molar-refractivity contribution in [2.24, 2.45) is 0 Å². The Bertz CT molecular complexity index is 1600. The second-order valence-electron chi connectivity index (χ2n) is 21.4. The van der Waals surface area contributed by atoms with Gasteiger partial charge in [-0.2, -0.15) is 0 Å². The van der Waals surface area contributed by atoms with Crippen molar-refractivity contribution in [3.8, 4) is 0 Å². The number of esters is 2. The summed E-state index contributed by atoms with van der Waals surface area (Å²) in [7, 11) is 0. The Morgan fingerprint density at radius 3 is 0.782 bits per heavy atom. The minimum absolute atomic E-state index is 0.0840. The first-order valence-electron chi connectivity index (χ1n) is 32.7. The normalized spacial score (nSPS) is 13.1. The smallest absolute Gasteiger partial charge is 0.306 e. The molecule has 78 heavy (non-hydrogen) atoms. The maximum Gasteiger partial charge on any atom is 0.306 e. The molecule has 0 bridgehead atoms. The maximum atomic E-state index is 12.3. The molecule has 1 unspecified atom stereocenters. The number of carbonyl (C=O) groups excluding carboxylic acids is 2. The molecule has 0 aromatic heterocycles. The van der Waals surface area contributed by atoms with Crippen LogP contribution in [0.25, 0.3) is 0 Å². The average molecular weight is 1080 g/mol. The molecular weight excluding hydrogens is 957 g/mol. The van der Waals surface area contributed by atoms with Crippen LogP contribution in [0, 0.1) is 0 Å². The Labute approximate surface area is 483 Å². The minimum atomic E-state index is -0.798. The van der Waals surface area contributed by atoms with E-state index < -0.39 is 6.10 Å². The predicted molar refractivity (Wildman–Crippen MR) is 343 cm³/mol. The van der Waals surface area contributed by atoms with Crippen LogP contribution in [0.1, 0.15) is 296 Å². The van der Waals surface area contributed by atoms with Gasteiger partial charge in [0, 0.05) is 12.8 Å². The van der Waals surface area contributed by atoms with Crippen LogP contribution in [0.3, 0.4) is 0 Å². The Kier molecular flexibility index (Phi) is 63.9. The van der Waals surface area contributed by atoms with E-state index in [1.165, 1.54) is 154 Å². The van der Waals surface area contributed by atoms with Gasteiger partial charge in [-0.05, 0) is 109 Å². The van der Waals surface area contributed by atoms with E-state index in [1.807, 2.05) is 0 Å². The van der Waals surface area contributed by atoms with Crippen molar-refractivity contribution >= 4 is 11.9 Å². The van der Waals surface area contributed by atoms with Crippen LogP contribution in [-0.2, 0) is 19.1 Å². The third-order valence-corrected chi connectivity index (χ3v) is 13.9. The van der Waals surface area contributed by atoms with Crippen molar-refractivity contribution in [3.05, 3.63) is 134 Å². The molecule has 0 spiro atoms. The number of unbranched alkanes of at least 4 members (excludes halogenated alkanes) is 29. The molecule has 0 fully saturated rings. The molecule has 5 nitrogen and oxygen atoms in total. The number of carbonyl (C=O) groups is 2. The first-order chi connectivity index (χ1) is 38.6. The molecule has 0 aliphatic carbocycles. The molecule has 0 saturated carbocycles. The van der Waals surface area contributed by atoms with Crippen LogP contribution in [0.2, 0.25) is 0 Å². The van der Waals surface area contributed by atoms with Gasteiger partial charge in [-0.25, -0.2) is 0 Å². The van der Waals surface area contributed by atoms with Crippen molar-refractivity contribution in [3.63, 3.8) is 0 Å². The fourth-order valence-corrected chi connectivity index (χ4v) is 9.12.